The molecule has 0 aliphatic heterocycles. The van der Waals surface area contributed by atoms with Crippen molar-refractivity contribution in [2.45, 2.75) is 64.3 Å². The molecule has 246 valence electrons. The first kappa shape index (κ1) is 36.1. The van der Waals surface area contributed by atoms with E-state index in [9.17, 15) is 24.3 Å². The van der Waals surface area contributed by atoms with Crippen LogP contribution in [0, 0.1) is 0 Å². The summed E-state index contributed by atoms with van der Waals surface area (Å²) in [4.78, 5) is 62.3. The third-order valence-electron chi connectivity index (χ3n) is 7.22. The normalized spacial score (nSPS) is 11.7. The van der Waals surface area contributed by atoms with Crippen molar-refractivity contribution < 1.29 is 24.3 Å². The average Bonchev–Trinajstić information content (AvgIpc) is 2.99. The van der Waals surface area contributed by atoms with E-state index >= 15 is 0 Å². The number of halogens is 1. The van der Waals surface area contributed by atoms with Crippen LogP contribution in [0.1, 0.15) is 61.0 Å². The first-order chi connectivity index (χ1) is 21.7. The van der Waals surface area contributed by atoms with Gasteiger partial charge in [-0.1, -0.05) is 35.5 Å². The Morgan fingerprint density at radius 1 is 1.00 bits per heavy atom. The maximum Gasteiger partial charge on any atom is 0.326 e. The maximum atomic E-state index is 13.3. The van der Waals surface area contributed by atoms with Gasteiger partial charge in [-0.25, -0.2) is 14.8 Å². The molecule has 0 aliphatic rings. The van der Waals surface area contributed by atoms with Crippen molar-refractivity contribution in [3.63, 3.8) is 0 Å². The van der Waals surface area contributed by atoms with Gasteiger partial charge in [0.1, 0.15) is 6.04 Å². The van der Waals surface area contributed by atoms with Crippen molar-refractivity contribution in [1.29, 1.82) is 0 Å². The summed E-state index contributed by atoms with van der Waals surface area (Å²) in [5.41, 5.74) is 8.33. The fraction of sp³-hybridized carbons (Fsp3) is 0.375. The highest BCUT2D eigenvalue weighted by Gasteiger charge is 2.24. The van der Waals surface area contributed by atoms with Crippen LogP contribution in [0.15, 0.2) is 53.8 Å². The van der Waals surface area contributed by atoms with Crippen molar-refractivity contribution in [3.8, 4) is 0 Å². The van der Waals surface area contributed by atoms with Gasteiger partial charge >= 0.3 is 5.97 Å². The lowest BCUT2D eigenvalue weighted by Crippen LogP contribution is -2.44. The first-order valence-electron chi connectivity index (χ1n) is 14.7. The molecule has 14 heteroatoms. The predicted octanol–water partition coefficient (Wildman–Crippen LogP) is 4.58. The number of carboxylic acids is 1. The summed E-state index contributed by atoms with van der Waals surface area (Å²) < 4.78 is 0. The number of carbonyl (C=O) groups excluding carboxylic acids is 3. The number of aromatic nitrogens is 2. The predicted molar refractivity (Wildman–Crippen MR) is 182 cm³/mol. The number of aliphatic carboxylic acids is 1. The molecule has 3 amide bonds. The number of nitrogen functional groups attached to an aromatic ring is 1. The van der Waals surface area contributed by atoms with Crippen molar-refractivity contribution >= 4 is 64.1 Å². The number of nitrogens with one attached hydrogen (secondary N) is 2. The molecule has 1 aromatic heterocycles. The van der Waals surface area contributed by atoms with E-state index in [-0.39, 0.29) is 46.4 Å². The largest absolute Gasteiger partial charge is 0.480 e. The second kappa shape index (κ2) is 16.3. The van der Waals surface area contributed by atoms with Crippen LogP contribution in [0.25, 0.3) is 0 Å². The molecule has 0 saturated heterocycles. The van der Waals surface area contributed by atoms with Crippen LogP contribution in [-0.4, -0.2) is 81.1 Å². The number of benzene rings is 2. The number of carboxylic acid groups (broad SMARTS) is 1. The SMILES string of the molecule is CSc1ncc(Cl)c(C(=O)Nc2ccc(CC(NC(=O)c3cc(N(CCN(C(C)=O)C(C)C)C(C)C)ccc3N)C(=O)O)cc2)n1. The van der Waals surface area contributed by atoms with Gasteiger partial charge in [0, 0.05) is 55.6 Å². The lowest BCUT2D eigenvalue weighted by molar-refractivity contribution is -0.139. The molecule has 1 heterocycles. The van der Waals surface area contributed by atoms with Crippen LogP contribution >= 0.6 is 23.4 Å². The van der Waals surface area contributed by atoms with E-state index in [1.165, 1.54) is 24.9 Å². The van der Waals surface area contributed by atoms with E-state index in [0.717, 1.165) is 5.69 Å². The van der Waals surface area contributed by atoms with Crippen molar-refractivity contribution in [2.24, 2.45) is 0 Å². The minimum absolute atomic E-state index is 0.0160. The number of thioether (sulfide) groups is 1. The smallest absolute Gasteiger partial charge is 0.326 e. The molecule has 0 aliphatic carbocycles. The average molecular weight is 670 g/mol. The molecule has 46 heavy (non-hydrogen) atoms. The molecule has 12 nitrogen and oxygen atoms in total. The van der Waals surface area contributed by atoms with Gasteiger partial charge in [-0.05, 0) is 69.8 Å². The second-order valence-electron chi connectivity index (χ2n) is 11.1. The standard InChI is InChI=1S/C32H40ClN7O5S/c1-18(2)39(20(5)41)13-14-40(19(3)4)23-11-12-26(34)24(16-23)29(42)37-27(31(44)45)15-21-7-9-22(10-8-21)36-30(43)28-25(33)17-35-32(38-28)46-6/h7-12,16-19,27H,13-15,34H2,1-6H3,(H,36,43)(H,37,42)(H,44,45). The Kier molecular flexibility index (Phi) is 12.8. The number of rotatable bonds is 14. The fourth-order valence-electron chi connectivity index (χ4n) is 4.79. The highest BCUT2D eigenvalue weighted by Crippen LogP contribution is 2.24. The molecule has 1 atom stereocenters. The van der Waals surface area contributed by atoms with Gasteiger partial charge in [0.2, 0.25) is 5.91 Å². The van der Waals surface area contributed by atoms with Gasteiger partial charge in [-0.2, -0.15) is 0 Å². The molecule has 3 aromatic rings. The lowest BCUT2D eigenvalue weighted by Gasteiger charge is -2.33. The van der Waals surface area contributed by atoms with Gasteiger partial charge in [0.15, 0.2) is 10.9 Å². The molecule has 0 saturated carbocycles. The zero-order valence-corrected chi connectivity index (χ0v) is 28.3. The molecule has 5 N–H and O–H groups in total. The summed E-state index contributed by atoms with van der Waals surface area (Å²) in [7, 11) is 0. The highest BCUT2D eigenvalue weighted by molar-refractivity contribution is 7.98. The number of nitrogens with two attached hydrogens (primary N) is 1. The van der Waals surface area contributed by atoms with Gasteiger partial charge < -0.3 is 31.3 Å². The highest BCUT2D eigenvalue weighted by atomic mass is 35.5. The molecule has 0 spiro atoms. The summed E-state index contributed by atoms with van der Waals surface area (Å²) in [6, 6.07) is 10.4. The van der Waals surface area contributed by atoms with E-state index in [1.54, 1.807) is 53.6 Å². The molecular weight excluding hydrogens is 630 g/mol. The Morgan fingerprint density at radius 2 is 1.67 bits per heavy atom. The number of hydrogen-bond acceptors (Lipinski definition) is 9. The van der Waals surface area contributed by atoms with Crippen molar-refractivity contribution in [2.75, 3.05) is 35.3 Å². The van der Waals surface area contributed by atoms with Crippen LogP contribution in [0.4, 0.5) is 17.1 Å². The van der Waals surface area contributed by atoms with Gasteiger partial charge in [0.05, 0.1) is 16.8 Å². The first-order valence-corrected chi connectivity index (χ1v) is 16.3. The number of amides is 3. The fourth-order valence-corrected chi connectivity index (χ4v) is 5.31. The Hall–Kier alpha value is -4.36. The zero-order valence-electron chi connectivity index (χ0n) is 26.7. The van der Waals surface area contributed by atoms with Crippen LogP contribution < -0.4 is 21.3 Å². The molecule has 3 rings (SSSR count). The summed E-state index contributed by atoms with van der Waals surface area (Å²) in [5, 5.41) is 15.7. The summed E-state index contributed by atoms with van der Waals surface area (Å²) >= 11 is 7.37. The van der Waals surface area contributed by atoms with E-state index in [2.05, 4.69) is 25.5 Å². The maximum absolute atomic E-state index is 13.3. The molecule has 1 unspecified atom stereocenters. The lowest BCUT2D eigenvalue weighted by atomic mass is 10.0. The number of hydrogen-bond donors (Lipinski definition) is 4. The van der Waals surface area contributed by atoms with Gasteiger partial charge in [-0.15, -0.1) is 0 Å². The van der Waals surface area contributed by atoms with Crippen LogP contribution in [0.5, 0.6) is 0 Å². The summed E-state index contributed by atoms with van der Waals surface area (Å²) in [6.45, 7) is 10.5. The molecule has 2 aromatic carbocycles. The third-order valence-corrected chi connectivity index (χ3v) is 8.06. The summed E-state index contributed by atoms with van der Waals surface area (Å²) in [6.07, 6.45) is 3.13. The third kappa shape index (κ3) is 9.57. The molecule has 0 bridgehead atoms. The Morgan fingerprint density at radius 3 is 2.24 bits per heavy atom. The van der Waals surface area contributed by atoms with Crippen LogP contribution in [-0.2, 0) is 16.0 Å². The van der Waals surface area contributed by atoms with E-state index in [0.29, 0.717) is 29.5 Å². The van der Waals surface area contributed by atoms with Gasteiger partial charge in [0.25, 0.3) is 11.8 Å². The van der Waals surface area contributed by atoms with Crippen LogP contribution in [0.2, 0.25) is 5.02 Å². The van der Waals surface area contributed by atoms with E-state index in [4.69, 9.17) is 17.3 Å². The number of nitrogens with zero attached hydrogens (tertiary/aromatic N) is 4. The Labute approximate surface area is 278 Å². The van der Waals surface area contributed by atoms with E-state index < -0.39 is 23.8 Å². The monoisotopic (exact) mass is 669 g/mol. The summed E-state index contributed by atoms with van der Waals surface area (Å²) in [5.74, 6) is -2.38. The molecule has 0 fully saturated rings. The van der Waals surface area contributed by atoms with Crippen molar-refractivity contribution in [1.82, 2.24) is 20.2 Å². The van der Waals surface area contributed by atoms with E-state index in [1.807, 2.05) is 27.7 Å². The topological polar surface area (TPSA) is 171 Å². The Balaban J connectivity index is 1.72. The number of carbonyl (C=O) groups is 4. The molecular formula is C32H40ClN7O5S. The van der Waals surface area contributed by atoms with Crippen LogP contribution in [0.3, 0.4) is 0 Å². The quantitative estimate of drug-likeness (QED) is 0.108. The van der Waals surface area contributed by atoms with Gasteiger partial charge in [-0.3, -0.25) is 14.4 Å². The zero-order chi connectivity index (χ0) is 34.1. The molecule has 0 radical (unpaired) electrons. The second-order valence-corrected chi connectivity index (χ2v) is 12.3. The minimum Gasteiger partial charge on any atom is -0.480 e. The minimum atomic E-state index is -1.25. The Bertz CT molecular complexity index is 1570. The number of anilines is 3. The van der Waals surface area contributed by atoms with Crippen molar-refractivity contribution in [3.05, 3.63) is 70.5 Å².